The molecule has 0 N–H and O–H groups in total. The van der Waals surface area contributed by atoms with E-state index in [0.29, 0.717) is 29.3 Å². The number of ether oxygens (including phenoxy) is 2. The number of benzene rings is 3. The molecular weight excluding hydrogens is 471 g/mol. The largest absolute Gasteiger partial charge is 0.497 e. The zero-order chi connectivity index (χ0) is 26.5. The van der Waals surface area contributed by atoms with Crippen LogP contribution >= 0.6 is 0 Å². The SMILES string of the molecule is COc1ccc(F)c(-c2ccc(COc3ccc4c(c3)[C@]3(CCC4)CC[C@H]3C)cc2[C@@H]2CCCC2(C)C)c1. The first-order valence-corrected chi connectivity index (χ1v) is 14.5. The van der Waals surface area contributed by atoms with Crippen LogP contribution in [0.15, 0.2) is 54.6 Å². The molecule has 0 unspecified atom stereocenters. The lowest BCUT2D eigenvalue weighted by atomic mass is 9.52. The van der Waals surface area contributed by atoms with E-state index in [0.717, 1.165) is 29.2 Å². The molecule has 3 heteroatoms. The lowest BCUT2D eigenvalue weighted by molar-refractivity contribution is 0.114. The molecule has 200 valence electrons. The number of aryl methyl sites for hydroxylation is 1. The van der Waals surface area contributed by atoms with Gasteiger partial charge in [-0.05, 0) is 126 Å². The third kappa shape index (κ3) is 4.32. The van der Waals surface area contributed by atoms with Crippen LogP contribution in [-0.2, 0) is 18.4 Å². The quantitative estimate of drug-likeness (QED) is 0.327. The van der Waals surface area contributed by atoms with E-state index in [2.05, 4.69) is 57.2 Å². The molecule has 3 aliphatic carbocycles. The molecular formula is C35H41FO2. The van der Waals surface area contributed by atoms with Gasteiger partial charge in [-0.2, -0.15) is 0 Å². The van der Waals surface area contributed by atoms with Gasteiger partial charge in [-0.25, -0.2) is 4.39 Å². The summed E-state index contributed by atoms with van der Waals surface area (Å²) in [6.45, 7) is 7.64. The molecule has 0 heterocycles. The second kappa shape index (κ2) is 9.74. The topological polar surface area (TPSA) is 18.5 Å². The summed E-state index contributed by atoms with van der Waals surface area (Å²) in [5.74, 6) is 2.58. The fourth-order valence-corrected chi connectivity index (χ4v) is 7.75. The van der Waals surface area contributed by atoms with Crippen LogP contribution in [0.1, 0.15) is 93.9 Å². The molecule has 2 fully saturated rings. The van der Waals surface area contributed by atoms with Crippen molar-refractivity contribution in [2.45, 2.75) is 90.1 Å². The highest BCUT2D eigenvalue weighted by Crippen LogP contribution is 2.55. The molecule has 0 amide bonds. The van der Waals surface area contributed by atoms with Gasteiger partial charge in [-0.3, -0.25) is 0 Å². The van der Waals surface area contributed by atoms with Crippen LogP contribution in [0, 0.1) is 17.2 Å². The number of hydrogen-bond acceptors (Lipinski definition) is 2. The Morgan fingerprint density at radius 2 is 1.71 bits per heavy atom. The summed E-state index contributed by atoms with van der Waals surface area (Å²) in [7, 11) is 1.63. The van der Waals surface area contributed by atoms with E-state index in [-0.39, 0.29) is 11.2 Å². The van der Waals surface area contributed by atoms with Gasteiger partial charge >= 0.3 is 0 Å². The van der Waals surface area contributed by atoms with Crippen LogP contribution in [-0.4, -0.2) is 7.11 Å². The highest BCUT2D eigenvalue weighted by atomic mass is 19.1. The molecule has 2 saturated carbocycles. The second-order valence-electron chi connectivity index (χ2n) is 12.8. The minimum Gasteiger partial charge on any atom is -0.497 e. The highest BCUT2D eigenvalue weighted by Gasteiger charge is 2.47. The maximum atomic E-state index is 15.1. The fraction of sp³-hybridized carbons (Fsp3) is 0.486. The van der Waals surface area contributed by atoms with Crippen molar-refractivity contribution in [2.24, 2.45) is 11.3 Å². The van der Waals surface area contributed by atoms with Crippen molar-refractivity contribution < 1.29 is 13.9 Å². The normalized spacial score (nSPS) is 25.6. The molecule has 1 spiro atoms. The summed E-state index contributed by atoms with van der Waals surface area (Å²) < 4.78 is 27.0. The van der Waals surface area contributed by atoms with Gasteiger partial charge in [-0.15, -0.1) is 0 Å². The van der Waals surface area contributed by atoms with Crippen molar-refractivity contribution in [1.29, 1.82) is 0 Å². The van der Waals surface area contributed by atoms with Crippen LogP contribution in [0.5, 0.6) is 11.5 Å². The van der Waals surface area contributed by atoms with Crippen molar-refractivity contribution in [3.63, 3.8) is 0 Å². The van der Waals surface area contributed by atoms with E-state index >= 15 is 4.39 Å². The molecule has 3 atom stereocenters. The van der Waals surface area contributed by atoms with Gasteiger partial charge in [0.15, 0.2) is 0 Å². The van der Waals surface area contributed by atoms with Gasteiger partial charge in [0, 0.05) is 5.56 Å². The van der Waals surface area contributed by atoms with Gasteiger partial charge in [0.2, 0.25) is 0 Å². The van der Waals surface area contributed by atoms with Crippen LogP contribution < -0.4 is 9.47 Å². The number of rotatable bonds is 6. The fourth-order valence-electron chi connectivity index (χ4n) is 7.75. The van der Waals surface area contributed by atoms with E-state index in [4.69, 9.17) is 9.47 Å². The Kier molecular flexibility index (Phi) is 6.53. The predicted molar refractivity (Wildman–Crippen MR) is 153 cm³/mol. The van der Waals surface area contributed by atoms with Crippen LogP contribution in [0.2, 0.25) is 0 Å². The van der Waals surface area contributed by atoms with Gasteiger partial charge in [0.1, 0.15) is 23.9 Å². The molecule has 0 bridgehead atoms. The van der Waals surface area contributed by atoms with Crippen molar-refractivity contribution in [2.75, 3.05) is 7.11 Å². The number of methoxy groups -OCH3 is 1. The summed E-state index contributed by atoms with van der Waals surface area (Å²) in [5, 5.41) is 0. The van der Waals surface area contributed by atoms with E-state index in [1.807, 2.05) is 6.07 Å². The maximum Gasteiger partial charge on any atom is 0.131 e. The molecule has 0 saturated heterocycles. The molecule has 2 nitrogen and oxygen atoms in total. The summed E-state index contributed by atoms with van der Waals surface area (Å²) in [4.78, 5) is 0. The average molecular weight is 513 g/mol. The van der Waals surface area contributed by atoms with Crippen LogP contribution in [0.3, 0.4) is 0 Å². The Balaban J connectivity index is 1.32. The van der Waals surface area contributed by atoms with Gasteiger partial charge in [-0.1, -0.05) is 51.5 Å². The van der Waals surface area contributed by atoms with Crippen molar-refractivity contribution in [3.8, 4) is 22.6 Å². The monoisotopic (exact) mass is 512 g/mol. The maximum absolute atomic E-state index is 15.1. The Bertz CT molecular complexity index is 1340. The number of fused-ring (bicyclic) bond motifs is 2. The standard InChI is InChI=1S/C35H41FO2/c1-23-15-18-35(23)17-5-7-25-10-11-27(21-32(25)35)38-22-24-9-13-28(30-20-26(37-4)12-14-33(30)36)29(19-24)31-8-6-16-34(31,2)3/h9-14,19-21,23,31H,5-8,15-18,22H2,1-4H3/t23-,31+,35-/m1/s1. The number of halogens is 1. The Morgan fingerprint density at radius 1 is 0.868 bits per heavy atom. The molecule has 3 aromatic carbocycles. The van der Waals surface area contributed by atoms with Crippen molar-refractivity contribution in [1.82, 2.24) is 0 Å². The lowest BCUT2D eigenvalue weighted by Gasteiger charge is -2.52. The Labute approximate surface area is 227 Å². The zero-order valence-electron chi connectivity index (χ0n) is 23.4. The van der Waals surface area contributed by atoms with Gasteiger partial charge < -0.3 is 9.47 Å². The van der Waals surface area contributed by atoms with Gasteiger partial charge in [0.05, 0.1) is 7.11 Å². The first-order chi connectivity index (χ1) is 18.3. The van der Waals surface area contributed by atoms with Crippen LogP contribution in [0.25, 0.3) is 11.1 Å². The third-order valence-corrected chi connectivity index (χ3v) is 10.3. The second-order valence-corrected chi connectivity index (χ2v) is 12.8. The van der Waals surface area contributed by atoms with Crippen molar-refractivity contribution >= 4 is 0 Å². The molecule has 0 aliphatic heterocycles. The van der Waals surface area contributed by atoms with E-state index in [1.54, 1.807) is 13.2 Å². The zero-order valence-corrected chi connectivity index (χ0v) is 23.4. The van der Waals surface area contributed by atoms with E-state index < -0.39 is 0 Å². The molecule has 0 aromatic heterocycles. The average Bonchev–Trinajstić information content (AvgIpc) is 3.29. The first kappa shape index (κ1) is 25.5. The summed E-state index contributed by atoms with van der Waals surface area (Å²) in [6, 6.07) is 18.3. The Hall–Kier alpha value is -2.81. The Morgan fingerprint density at radius 3 is 2.42 bits per heavy atom. The summed E-state index contributed by atoms with van der Waals surface area (Å²) in [5.41, 5.74) is 7.56. The van der Waals surface area contributed by atoms with E-state index in [1.165, 1.54) is 67.7 Å². The predicted octanol–water partition coefficient (Wildman–Crippen LogP) is 9.38. The van der Waals surface area contributed by atoms with E-state index in [9.17, 15) is 0 Å². The van der Waals surface area contributed by atoms with Crippen LogP contribution in [0.4, 0.5) is 4.39 Å². The highest BCUT2D eigenvalue weighted by molar-refractivity contribution is 5.71. The first-order valence-electron chi connectivity index (χ1n) is 14.5. The molecule has 0 radical (unpaired) electrons. The minimum absolute atomic E-state index is 0.176. The summed E-state index contributed by atoms with van der Waals surface area (Å²) in [6.07, 6.45) is 9.97. The minimum atomic E-state index is -0.208. The lowest BCUT2D eigenvalue weighted by Crippen LogP contribution is -2.45. The number of hydrogen-bond donors (Lipinski definition) is 0. The molecule has 3 aliphatic rings. The molecule has 6 rings (SSSR count). The van der Waals surface area contributed by atoms with Gasteiger partial charge in [0.25, 0.3) is 0 Å². The smallest absolute Gasteiger partial charge is 0.131 e. The van der Waals surface area contributed by atoms with Crippen molar-refractivity contribution in [3.05, 3.63) is 82.7 Å². The third-order valence-electron chi connectivity index (χ3n) is 10.3. The molecule has 38 heavy (non-hydrogen) atoms. The summed E-state index contributed by atoms with van der Waals surface area (Å²) >= 11 is 0. The molecule has 3 aromatic rings.